The van der Waals surface area contributed by atoms with Crippen LogP contribution in [0, 0.1) is 23.7 Å². The number of rotatable bonds is 2. The summed E-state index contributed by atoms with van der Waals surface area (Å²) in [5, 5.41) is 0. The molecule has 6 nitrogen and oxygen atoms in total. The average Bonchev–Trinajstić information content (AvgIpc) is 3.24. The van der Waals surface area contributed by atoms with Crippen LogP contribution in [0.3, 0.4) is 0 Å². The van der Waals surface area contributed by atoms with Gasteiger partial charge in [-0.15, -0.1) is 0 Å². The predicted molar refractivity (Wildman–Crippen MR) is 79.2 cm³/mol. The summed E-state index contributed by atoms with van der Waals surface area (Å²) in [6.07, 6.45) is 4.82. The highest BCUT2D eigenvalue weighted by Crippen LogP contribution is 2.61. The molecule has 0 aromatic heterocycles. The summed E-state index contributed by atoms with van der Waals surface area (Å²) in [5.41, 5.74) is -0.387. The molecule has 6 atom stereocenters. The summed E-state index contributed by atoms with van der Waals surface area (Å²) in [5.74, 6) is -2.31. The van der Waals surface area contributed by atoms with E-state index < -0.39 is 29.2 Å². The fourth-order valence-electron chi connectivity index (χ4n) is 5.79. The van der Waals surface area contributed by atoms with E-state index >= 15 is 0 Å². The first-order chi connectivity index (χ1) is 11.4. The standard InChI is InChI=1S/C18H20O6/c1-9-7-17(22-14(9)19)4-2-3-12(17)16(21)24-18-8-10-5-11(13(18)6-10)15(20)23-18/h10-13H,1-8H2. The van der Waals surface area contributed by atoms with Gasteiger partial charge in [-0.05, 0) is 38.0 Å². The molecule has 0 N–H and O–H groups in total. The van der Waals surface area contributed by atoms with Crippen LogP contribution in [0.4, 0.5) is 0 Å². The van der Waals surface area contributed by atoms with Crippen molar-refractivity contribution in [3.8, 4) is 0 Å². The molecular weight excluding hydrogens is 312 g/mol. The first-order valence-electron chi connectivity index (χ1n) is 8.79. The Kier molecular flexibility index (Phi) is 2.66. The van der Waals surface area contributed by atoms with Crippen LogP contribution >= 0.6 is 0 Å². The molecule has 0 amide bonds. The van der Waals surface area contributed by atoms with Crippen molar-refractivity contribution >= 4 is 17.9 Å². The van der Waals surface area contributed by atoms with Gasteiger partial charge in [0, 0.05) is 18.4 Å². The molecule has 6 unspecified atom stereocenters. The van der Waals surface area contributed by atoms with Crippen molar-refractivity contribution in [2.45, 2.75) is 56.3 Å². The van der Waals surface area contributed by atoms with Crippen molar-refractivity contribution in [2.24, 2.45) is 23.7 Å². The van der Waals surface area contributed by atoms with E-state index in [9.17, 15) is 14.4 Å². The molecule has 2 bridgehead atoms. The molecular formula is C18H20O6. The summed E-state index contributed by atoms with van der Waals surface area (Å²) >= 11 is 0. The highest BCUT2D eigenvalue weighted by atomic mass is 16.7. The smallest absolute Gasteiger partial charge is 0.334 e. The van der Waals surface area contributed by atoms with Crippen molar-refractivity contribution in [1.82, 2.24) is 0 Å². The van der Waals surface area contributed by atoms with E-state index in [2.05, 4.69) is 6.58 Å². The number of esters is 3. The van der Waals surface area contributed by atoms with Crippen molar-refractivity contribution < 1.29 is 28.6 Å². The molecule has 0 aromatic carbocycles. The fourth-order valence-corrected chi connectivity index (χ4v) is 5.79. The molecule has 6 heteroatoms. The van der Waals surface area contributed by atoms with Gasteiger partial charge in [0.05, 0.1) is 17.8 Å². The van der Waals surface area contributed by atoms with Crippen LogP contribution in [0.1, 0.15) is 44.9 Å². The minimum Gasteiger partial charge on any atom is -0.454 e. The summed E-state index contributed by atoms with van der Waals surface area (Å²) in [6, 6.07) is 0. The molecule has 1 spiro atoms. The molecule has 2 saturated heterocycles. The topological polar surface area (TPSA) is 78.9 Å². The molecule has 2 aliphatic heterocycles. The van der Waals surface area contributed by atoms with Gasteiger partial charge in [-0.3, -0.25) is 9.59 Å². The van der Waals surface area contributed by atoms with Gasteiger partial charge in [0.1, 0.15) is 5.60 Å². The van der Waals surface area contributed by atoms with Crippen LogP contribution in [-0.4, -0.2) is 29.3 Å². The minimum absolute atomic E-state index is 0.00241. The van der Waals surface area contributed by atoms with E-state index in [0.29, 0.717) is 37.2 Å². The second-order valence-electron chi connectivity index (χ2n) is 8.09. The molecule has 5 fully saturated rings. The highest BCUT2D eigenvalue weighted by Gasteiger charge is 2.69. The van der Waals surface area contributed by atoms with Crippen LogP contribution in [0.15, 0.2) is 12.2 Å². The maximum Gasteiger partial charge on any atom is 0.334 e. The third-order valence-electron chi connectivity index (χ3n) is 6.76. The third-order valence-corrected chi connectivity index (χ3v) is 6.76. The Balaban J connectivity index is 1.39. The Morgan fingerprint density at radius 3 is 2.79 bits per heavy atom. The van der Waals surface area contributed by atoms with E-state index in [0.717, 1.165) is 19.3 Å². The van der Waals surface area contributed by atoms with Crippen molar-refractivity contribution in [2.75, 3.05) is 0 Å². The van der Waals surface area contributed by atoms with E-state index in [-0.39, 0.29) is 17.8 Å². The maximum atomic E-state index is 12.9. The summed E-state index contributed by atoms with van der Waals surface area (Å²) in [7, 11) is 0. The molecule has 0 radical (unpaired) electrons. The van der Waals surface area contributed by atoms with Crippen LogP contribution in [0.2, 0.25) is 0 Å². The number of carbonyl (C=O) groups excluding carboxylic acids is 3. The average molecular weight is 332 g/mol. The zero-order valence-corrected chi connectivity index (χ0v) is 13.4. The Morgan fingerprint density at radius 1 is 1.25 bits per heavy atom. The third kappa shape index (κ3) is 1.69. The van der Waals surface area contributed by atoms with Gasteiger partial charge < -0.3 is 14.2 Å². The van der Waals surface area contributed by atoms with Crippen molar-refractivity contribution in [3.05, 3.63) is 12.2 Å². The van der Waals surface area contributed by atoms with Crippen LogP contribution < -0.4 is 0 Å². The van der Waals surface area contributed by atoms with E-state index in [1.54, 1.807) is 0 Å². The number of ether oxygens (including phenoxy) is 3. The predicted octanol–water partition coefficient (Wildman–Crippen LogP) is 1.87. The highest BCUT2D eigenvalue weighted by molar-refractivity contribution is 5.92. The molecule has 0 aromatic rings. The molecule has 5 rings (SSSR count). The Bertz CT molecular complexity index is 665. The molecule has 24 heavy (non-hydrogen) atoms. The lowest BCUT2D eigenvalue weighted by molar-refractivity contribution is -0.229. The lowest BCUT2D eigenvalue weighted by Gasteiger charge is -2.34. The van der Waals surface area contributed by atoms with Gasteiger partial charge >= 0.3 is 17.9 Å². The van der Waals surface area contributed by atoms with Gasteiger partial charge in [-0.2, -0.15) is 0 Å². The first-order valence-corrected chi connectivity index (χ1v) is 8.79. The van der Waals surface area contributed by atoms with Gasteiger partial charge in [0.2, 0.25) is 0 Å². The van der Waals surface area contributed by atoms with Crippen molar-refractivity contribution in [1.29, 1.82) is 0 Å². The molecule has 5 aliphatic rings. The second-order valence-corrected chi connectivity index (χ2v) is 8.09. The molecule has 3 aliphatic carbocycles. The first kappa shape index (κ1) is 14.5. The Labute approximate surface area is 139 Å². The van der Waals surface area contributed by atoms with E-state index in [4.69, 9.17) is 14.2 Å². The lowest BCUT2D eigenvalue weighted by atomic mass is 9.85. The number of carbonyl (C=O) groups is 3. The zero-order valence-electron chi connectivity index (χ0n) is 13.4. The molecule has 2 heterocycles. The van der Waals surface area contributed by atoms with Crippen LogP contribution in [0.5, 0.6) is 0 Å². The number of hydrogen-bond acceptors (Lipinski definition) is 6. The monoisotopic (exact) mass is 332 g/mol. The SMILES string of the molecule is C=C1CC2(CCCC2C(=O)OC23CC4CC(C(=O)O2)C3C4)OC1=O. The summed E-state index contributed by atoms with van der Waals surface area (Å²) < 4.78 is 16.9. The zero-order chi connectivity index (χ0) is 16.7. The maximum absolute atomic E-state index is 12.9. The largest absolute Gasteiger partial charge is 0.454 e. The number of fused-ring (bicyclic) bond motifs is 1. The molecule has 128 valence electrons. The summed E-state index contributed by atoms with van der Waals surface area (Å²) in [4.78, 5) is 36.7. The van der Waals surface area contributed by atoms with Gasteiger partial charge in [-0.1, -0.05) is 6.58 Å². The van der Waals surface area contributed by atoms with Gasteiger partial charge in [0.15, 0.2) is 0 Å². The van der Waals surface area contributed by atoms with Crippen LogP contribution in [0.25, 0.3) is 0 Å². The van der Waals surface area contributed by atoms with Crippen molar-refractivity contribution in [3.63, 3.8) is 0 Å². The fraction of sp³-hybridized carbons (Fsp3) is 0.722. The van der Waals surface area contributed by atoms with Gasteiger partial charge in [-0.25, -0.2) is 4.79 Å². The Hall–Kier alpha value is -1.85. The summed E-state index contributed by atoms with van der Waals surface area (Å²) in [6.45, 7) is 3.73. The van der Waals surface area contributed by atoms with Crippen LogP contribution in [-0.2, 0) is 28.6 Å². The lowest BCUT2D eigenvalue weighted by Crippen LogP contribution is -2.45. The molecule has 3 saturated carbocycles. The normalized spacial score (nSPS) is 48.2. The second kappa shape index (κ2) is 4.41. The van der Waals surface area contributed by atoms with Gasteiger partial charge in [0.25, 0.3) is 5.79 Å². The number of hydrogen-bond donors (Lipinski definition) is 0. The quantitative estimate of drug-likeness (QED) is 0.567. The van der Waals surface area contributed by atoms with E-state index in [1.165, 1.54) is 0 Å². The van der Waals surface area contributed by atoms with E-state index in [1.807, 2.05) is 0 Å². The Morgan fingerprint density at radius 2 is 2.08 bits per heavy atom. The minimum atomic E-state index is -1.06.